The first kappa shape index (κ1) is 23.6. The lowest BCUT2D eigenvalue weighted by atomic mass is 10.2. The summed E-state index contributed by atoms with van der Waals surface area (Å²) >= 11 is 0. The maximum Gasteiger partial charge on any atom is 0.264 e. The SMILES string of the molecule is COc1ccc(N(C)S(=O)(=O)c2cccc(C(=O)Nc3c(F)cccc3N3CCCC3)c2)cc1. The van der Waals surface area contributed by atoms with Crippen molar-refractivity contribution in [3.05, 3.63) is 78.1 Å². The Morgan fingerprint density at radius 1 is 1.03 bits per heavy atom. The quantitative estimate of drug-likeness (QED) is 0.535. The van der Waals surface area contributed by atoms with Gasteiger partial charge in [-0.2, -0.15) is 0 Å². The van der Waals surface area contributed by atoms with Gasteiger partial charge >= 0.3 is 0 Å². The number of benzene rings is 3. The van der Waals surface area contributed by atoms with Gasteiger partial charge in [-0.25, -0.2) is 12.8 Å². The lowest BCUT2D eigenvalue weighted by Crippen LogP contribution is -2.27. The van der Waals surface area contributed by atoms with Crippen LogP contribution in [0.25, 0.3) is 0 Å². The molecule has 1 amide bonds. The molecule has 0 atom stereocenters. The lowest BCUT2D eigenvalue weighted by Gasteiger charge is -2.22. The minimum Gasteiger partial charge on any atom is -0.497 e. The van der Waals surface area contributed by atoms with Crippen molar-refractivity contribution >= 4 is 33.0 Å². The average molecular weight is 484 g/mol. The molecule has 1 saturated heterocycles. The predicted molar refractivity (Wildman–Crippen MR) is 131 cm³/mol. The maximum absolute atomic E-state index is 14.6. The van der Waals surface area contributed by atoms with Crippen LogP contribution in [0.2, 0.25) is 0 Å². The molecule has 3 aromatic rings. The highest BCUT2D eigenvalue weighted by atomic mass is 32.2. The molecule has 34 heavy (non-hydrogen) atoms. The standard InChI is InChI=1S/C25H26FN3O4S/c1-28(19-11-13-20(33-2)14-12-19)34(31,32)21-8-5-7-18(17-21)25(30)27-24-22(26)9-6-10-23(24)29-15-3-4-16-29/h5-14,17H,3-4,15-16H2,1-2H3,(H,27,30). The number of carbonyl (C=O) groups is 1. The Labute approximate surface area is 198 Å². The molecule has 0 aliphatic carbocycles. The van der Waals surface area contributed by atoms with Gasteiger partial charge in [0.05, 0.1) is 23.4 Å². The van der Waals surface area contributed by atoms with Crippen LogP contribution >= 0.6 is 0 Å². The highest BCUT2D eigenvalue weighted by Crippen LogP contribution is 2.32. The summed E-state index contributed by atoms with van der Waals surface area (Å²) in [5, 5.41) is 2.65. The smallest absolute Gasteiger partial charge is 0.264 e. The fourth-order valence-corrected chi connectivity index (χ4v) is 5.17. The van der Waals surface area contributed by atoms with Gasteiger partial charge in [-0.15, -0.1) is 0 Å². The molecule has 1 aliphatic heterocycles. The second-order valence-electron chi connectivity index (χ2n) is 7.98. The van der Waals surface area contributed by atoms with E-state index in [9.17, 15) is 17.6 Å². The summed E-state index contributed by atoms with van der Waals surface area (Å²) in [4.78, 5) is 15.0. The van der Waals surface area contributed by atoms with Gasteiger partial charge in [-0.05, 0) is 67.4 Å². The van der Waals surface area contributed by atoms with Crippen molar-refractivity contribution < 1.29 is 22.3 Å². The lowest BCUT2D eigenvalue weighted by molar-refractivity contribution is 0.102. The number of nitrogens with zero attached hydrogens (tertiary/aromatic N) is 2. The van der Waals surface area contributed by atoms with E-state index >= 15 is 0 Å². The number of carbonyl (C=O) groups excluding carboxylic acids is 1. The number of nitrogens with one attached hydrogen (secondary N) is 1. The summed E-state index contributed by atoms with van der Waals surface area (Å²) < 4.78 is 47.3. The zero-order chi connectivity index (χ0) is 24.3. The Bertz CT molecular complexity index is 1290. The molecule has 0 radical (unpaired) electrons. The van der Waals surface area contributed by atoms with Crippen molar-refractivity contribution in [2.24, 2.45) is 0 Å². The van der Waals surface area contributed by atoms with Crippen LogP contribution in [0.4, 0.5) is 21.5 Å². The van der Waals surface area contributed by atoms with Crippen LogP contribution in [0.5, 0.6) is 5.75 Å². The molecule has 178 valence electrons. The van der Waals surface area contributed by atoms with Gasteiger partial charge in [0.2, 0.25) is 0 Å². The molecule has 7 nitrogen and oxygen atoms in total. The van der Waals surface area contributed by atoms with E-state index < -0.39 is 21.7 Å². The van der Waals surface area contributed by atoms with E-state index in [4.69, 9.17) is 4.74 Å². The molecule has 0 unspecified atom stereocenters. The van der Waals surface area contributed by atoms with Crippen LogP contribution in [0.3, 0.4) is 0 Å². The van der Waals surface area contributed by atoms with Gasteiger partial charge in [0.15, 0.2) is 0 Å². The summed E-state index contributed by atoms with van der Waals surface area (Å²) in [6.07, 6.45) is 2.01. The Balaban J connectivity index is 1.59. The number of anilines is 3. The van der Waals surface area contributed by atoms with E-state index in [2.05, 4.69) is 5.32 Å². The number of para-hydroxylation sites is 1. The van der Waals surface area contributed by atoms with Crippen LogP contribution < -0.4 is 19.3 Å². The number of methoxy groups -OCH3 is 1. The molecule has 0 saturated carbocycles. The van der Waals surface area contributed by atoms with Gasteiger partial charge in [-0.3, -0.25) is 9.10 Å². The zero-order valence-electron chi connectivity index (χ0n) is 19.0. The van der Waals surface area contributed by atoms with E-state index in [1.54, 1.807) is 36.4 Å². The molecule has 3 aromatic carbocycles. The summed E-state index contributed by atoms with van der Waals surface area (Å²) in [5.41, 5.74) is 1.27. The van der Waals surface area contributed by atoms with E-state index in [-0.39, 0.29) is 16.1 Å². The van der Waals surface area contributed by atoms with Crippen molar-refractivity contribution in [1.82, 2.24) is 0 Å². The first-order valence-electron chi connectivity index (χ1n) is 10.9. The van der Waals surface area contributed by atoms with Crippen molar-refractivity contribution in [3.63, 3.8) is 0 Å². The molecular formula is C25H26FN3O4S. The highest BCUT2D eigenvalue weighted by molar-refractivity contribution is 7.92. The zero-order valence-corrected chi connectivity index (χ0v) is 19.8. The highest BCUT2D eigenvalue weighted by Gasteiger charge is 2.24. The second-order valence-corrected chi connectivity index (χ2v) is 9.95. The number of ether oxygens (including phenoxy) is 1. The fraction of sp³-hybridized carbons (Fsp3) is 0.240. The summed E-state index contributed by atoms with van der Waals surface area (Å²) in [6.45, 7) is 1.58. The van der Waals surface area contributed by atoms with E-state index in [1.807, 2.05) is 4.90 Å². The molecule has 1 aliphatic rings. The van der Waals surface area contributed by atoms with Crippen molar-refractivity contribution in [1.29, 1.82) is 0 Å². The molecule has 4 rings (SSSR count). The van der Waals surface area contributed by atoms with Gasteiger partial charge in [-0.1, -0.05) is 12.1 Å². The monoisotopic (exact) mass is 483 g/mol. The number of hydrogen-bond donors (Lipinski definition) is 1. The Morgan fingerprint density at radius 3 is 2.38 bits per heavy atom. The van der Waals surface area contributed by atoms with Gasteiger partial charge < -0.3 is 15.0 Å². The Kier molecular flexibility index (Phi) is 6.74. The normalized spacial score (nSPS) is 13.6. The molecule has 1 fully saturated rings. The number of hydrogen-bond acceptors (Lipinski definition) is 5. The van der Waals surface area contributed by atoms with E-state index in [0.29, 0.717) is 17.1 Å². The number of rotatable bonds is 7. The van der Waals surface area contributed by atoms with Crippen LogP contribution in [0, 0.1) is 5.82 Å². The second kappa shape index (κ2) is 9.72. The van der Waals surface area contributed by atoms with Gasteiger partial charge in [0.25, 0.3) is 15.9 Å². The summed E-state index contributed by atoms with van der Waals surface area (Å²) in [6, 6.07) is 17.0. The van der Waals surface area contributed by atoms with Gasteiger partial charge in [0, 0.05) is 25.7 Å². The minimum absolute atomic E-state index is 0.0493. The van der Waals surface area contributed by atoms with E-state index in [0.717, 1.165) is 30.2 Å². The average Bonchev–Trinajstić information content (AvgIpc) is 3.39. The topological polar surface area (TPSA) is 78.9 Å². The first-order chi connectivity index (χ1) is 16.3. The number of sulfonamides is 1. The Morgan fingerprint density at radius 2 is 1.71 bits per heavy atom. The number of amides is 1. The maximum atomic E-state index is 14.6. The molecule has 9 heteroatoms. The Hall–Kier alpha value is -3.59. The van der Waals surface area contributed by atoms with Crippen LogP contribution in [-0.2, 0) is 10.0 Å². The van der Waals surface area contributed by atoms with Crippen LogP contribution in [0.1, 0.15) is 23.2 Å². The molecule has 1 heterocycles. The van der Waals surface area contributed by atoms with E-state index in [1.165, 1.54) is 44.5 Å². The van der Waals surface area contributed by atoms with Crippen LogP contribution in [-0.4, -0.2) is 41.6 Å². The third-order valence-electron chi connectivity index (χ3n) is 5.87. The van der Waals surface area contributed by atoms with Crippen molar-refractivity contribution in [2.45, 2.75) is 17.7 Å². The van der Waals surface area contributed by atoms with Crippen molar-refractivity contribution in [3.8, 4) is 5.75 Å². The summed E-state index contributed by atoms with van der Waals surface area (Å²) in [7, 11) is -0.974. The van der Waals surface area contributed by atoms with Crippen LogP contribution in [0.15, 0.2) is 71.6 Å². The first-order valence-corrected chi connectivity index (χ1v) is 12.3. The van der Waals surface area contributed by atoms with Crippen molar-refractivity contribution in [2.75, 3.05) is 41.8 Å². The molecule has 0 spiro atoms. The molecule has 0 bridgehead atoms. The largest absolute Gasteiger partial charge is 0.497 e. The fourth-order valence-electron chi connectivity index (χ4n) is 3.93. The predicted octanol–water partition coefficient (Wildman–Crippen LogP) is 4.51. The third kappa shape index (κ3) is 4.70. The molecule has 1 N–H and O–H groups in total. The third-order valence-corrected chi connectivity index (χ3v) is 7.65. The molecule has 0 aromatic heterocycles. The minimum atomic E-state index is -3.94. The molecular weight excluding hydrogens is 457 g/mol. The summed E-state index contributed by atoms with van der Waals surface area (Å²) in [5.74, 6) is -0.523. The van der Waals surface area contributed by atoms with Gasteiger partial charge in [0.1, 0.15) is 17.3 Å². The number of halogens is 1.